The predicted molar refractivity (Wildman–Crippen MR) is 95.9 cm³/mol. The molecule has 5 nitrogen and oxygen atoms in total. The fraction of sp³-hybridized carbons (Fsp3) is 0.400. The van der Waals surface area contributed by atoms with E-state index in [0.29, 0.717) is 12.2 Å². The Hall–Kier alpha value is -2.40. The van der Waals surface area contributed by atoms with E-state index in [1.807, 2.05) is 57.2 Å². The quantitative estimate of drug-likeness (QED) is 0.545. The molecule has 0 aliphatic carbocycles. The van der Waals surface area contributed by atoms with Crippen molar-refractivity contribution in [1.29, 1.82) is 0 Å². The first-order chi connectivity index (χ1) is 11.9. The summed E-state index contributed by atoms with van der Waals surface area (Å²) in [6.07, 6.45) is 0.165. The minimum absolute atomic E-state index is 0.132. The molecule has 0 bridgehead atoms. The normalized spacial score (nSPS) is 12.0. The van der Waals surface area contributed by atoms with Gasteiger partial charge in [-0.1, -0.05) is 30.3 Å². The van der Waals surface area contributed by atoms with Crippen LogP contribution in [0.4, 0.5) is 0 Å². The van der Waals surface area contributed by atoms with Gasteiger partial charge in [-0.05, 0) is 32.4 Å². The molecule has 1 atom stereocenters. The average Bonchev–Trinajstić information content (AvgIpc) is 2.88. The molecule has 0 aliphatic heterocycles. The van der Waals surface area contributed by atoms with Crippen LogP contribution in [0, 0.1) is 13.8 Å². The average molecular weight is 343 g/mol. The van der Waals surface area contributed by atoms with E-state index < -0.39 is 5.97 Å². The third-order valence-electron chi connectivity index (χ3n) is 4.19. The lowest BCUT2D eigenvalue weighted by Gasteiger charge is -2.17. The van der Waals surface area contributed by atoms with Crippen LogP contribution in [-0.2, 0) is 20.7 Å². The van der Waals surface area contributed by atoms with Crippen LogP contribution in [0.5, 0.6) is 0 Å². The maximum atomic E-state index is 12.4. The van der Waals surface area contributed by atoms with Crippen LogP contribution < -0.4 is 0 Å². The maximum absolute atomic E-state index is 12.4. The summed E-state index contributed by atoms with van der Waals surface area (Å²) in [5, 5.41) is 0. The molecule has 1 aromatic heterocycles. The highest BCUT2D eigenvalue weighted by molar-refractivity contribution is 5.99. The molecule has 0 saturated heterocycles. The second-order valence-corrected chi connectivity index (χ2v) is 6.21. The van der Waals surface area contributed by atoms with E-state index in [-0.39, 0.29) is 24.9 Å². The van der Waals surface area contributed by atoms with Gasteiger partial charge >= 0.3 is 5.97 Å². The number of Topliss-reactive ketones (excluding diaryl/α,β-unsaturated/α-hetero) is 1. The molecule has 0 fully saturated rings. The Morgan fingerprint density at radius 2 is 1.84 bits per heavy atom. The maximum Gasteiger partial charge on any atom is 0.310 e. The van der Waals surface area contributed by atoms with Crippen molar-refractivity contribution < 1.29 is 19.1 Å². The number of nitrogens with zero attached hydrogens (tertiary/aromatic N) is 1. The molecule has 1 heterocycles. The molecule has 1 aromatic carbocycles. The number of hydrogen-bond acceptors (Lipinski definition) is 4. The summed E-state index contributed by atoms with van der Waals surface area (Å²) in [5.41, 5.74) is 3.31. The summed E-state index contributed by atoms with van der Waals surface area (Å²) in [6, 6.07) is 11.3. The zero-order valence-electron chi connectivity index (χ0n) is 15.2. The number of aryl methyl sites for hydroxylation is 1. The van der Waals surface area contributed by atoms with E-state index in [4.69, 9.17) is 9.47 Å². The molecule has 0 radical (unpaired) electrons. The molecule has 0 spiro atoms. The number of benzene rings is 1. The van der Waals surface area contributed by atoms with Crippen molar-refractivity contribution in [3.05, 3.63) is 58.9 Å². The predicted octanol–water partition coefficient (Wildman–Crippen LogP) is 3.28. The van der Waals surface area contributed by atoms with Gasteiger partial charge in [0, 0.05) is 24.1 Å². The van der Waals surface area contributed by atoms with Crippen LogP contribution in [0.25, 0.3) is 0 Å². The summed E-state index contributed by atoms with van der Waals surface area (Å²) in [4.78, 5) is 24.3. The lowest BCUT2D eigenvalue weighted by molar-refractivity contribution is -0.141. The molecule has 134 valence electrons. The largest absolute Gasteiger partial charge is 0.457 e. The molecule has 5 heteroatoms. The monoisotopic (exact) mass is 343 g/mol. The third-order valence-corrected chi connectivity index (χ3v) is 4.19. The van der Waals surface area contributed by atoms with E-state index in [1.54, 1.807) is 7.11 Å². The second kappa shape index (κ2) is 8.62. The Morgan fingerprint density at radius 1 is 1.16 bits per heavy atom. The van der Waals surface area contributed by atoms with Gasteiger partial charge in [-0.2, -0.15) is 0 Å². The first-order valence-corrected chi connectivity index (χ1v) is 8.34. The van der Waals surface area contributed by atoms with Crippen LogP contribution in [0.1, 0.15) is 40.3 Å². The number of ketones is 1. The van der Waals surface area contributed by atoms with Crippen LogP contribution in [-0.4, -0.2) is 36.6 Å². The highest BCUT2D eigenvalue weighted by atomic mass is 16.5. The lowest BCUT2D eigenvalue weighted by Crippen LogP contribution is -2.17. The molecule has 1 unspecified atom stereocenters. The van der Waals surface area contributed by atoms with Crippen molar-refractivity contribution in [3.63, 3.8) is 0 Å². The van der Waals surface area contributed by atoms with Crippen LogP contribution in [0.3, 0.4) is 0 Å². The first kappa shape index (κ1) is 18.9. The van der Waals surface area contributed by atoms with Crippen molar-refractivity contribution in [2.24, 2.45) is 0 Å². The third kappa shape index (κ3) is 4.79. The van der Waals surface area contributed by atoms with E-state index in [1.165, 1.54) is 0 Å². The number of rotatable bonds is 8. The molecule has 0 saturated carbocycles. The van der Waals surface area contributed by atoms with Gasteiger partial charge in [0.2, 0.25) is 5.78 Å². The van der Waals surface area contributed by atoms with Crippen molar-refractivity contribution >= 4 is 11.8 Å². The number of ether oxygens (including phenoxy) is 2. The fourth-order valence-electron chi connectivity index (χ4n) is 3.09. The van der Waals surface area contributed by atoms with Gasteiger partial charge in [-0.15, -0.1) is 0 Å². The first-order valence-electron chi connectivity index (χ1n) is 8.34. The number of esters is 1. The van der Waals surface area contributed by atoms with Crippen LogP contribution in [0.2, 0.25) is 0 Å². The standard InChI is InChI=1S/C20H25NO4/c1-14-10-18(16(3)21(14)15(2)12-24-4)19(22)13-25-20(23)11-17-8-6-5-7-9-17/h5-10,15H,11-13H2,1-4H3. The van der Waals surface area contributed by atoms with Gasteiger partial charge in [0.1, 0.15) is 0 Å². The highest BCUT2D eigenvalue weighted by Gasteiger charge is 2.19. The summed E-state index contributed by atoms with van der Waals surface area (Å²) >= 11 is 0. The Kier molecular flexibility index (Phi) is 6.53. The van der Waals surface area contributed by atoms with Gasteiger partial charge in [0.25, 0.3) is 0 Å². The van der Waals surface area contributed by atoms with Gasteiger partial charge in [0.05, 0.1) is 19.1 Å². The Balaban J connectivity index is 1.99. The summed E-state index contributed by atoms with van der Waals surface area (Å²) in [5.74, 6) is -0.591. The van der Waals surface area contributed by atoms with Gasteiger partial charge in [0.15, 0.2) is 6.61 Å². The number of carbonyl (C=O) groups excluding carboxylic acids is 2. The molecular formula is C20H25NO4. The molecule has 0 N–H and O–H groups in total. The minimum Gasteiger partial charge on any atom is -0.457 e. The lowest BCUT2D eigenvalue weighted by atomic mass is 10.1. The zero-order chi connectivity index (χ0) is 18.4. The zero-order valence-corrected chi connectivity index (χ0v) is 15.2. The van der Waals surface area contributed by atoms with Crippen LogP contribution >= 0.6 is 0 Å². The van der Waals surface area contributed by atoms with Gasteiger partial charge < -0.3 is 14.0 Å². The van der Waals surface area contributed by atoms with E-state index in [9.17, 15) is 9.59 Å². The SMILES string of the molecule is COCC(C)n1c(C)cc(C(=O)COC(=O)Cc2ccccc2)c1C. The molecular weight excluding hydrogens is 318 g/mol. The van der Waals surface area contributed by atoms with E-state index >= 15 is 0 Å². The number of methoxy groups -OCH3 is 1. The van der Waals surface area contributed by atoms with Gasteiger partial charge in [-0.3, -0.25) is 9.59 Å². The minimum atomic E-state index is -0.402. The number of hydrogen-bond donors (Lipinski definition) is 0. The number of carbonyl (C=O) groups is 2. The van der Waals surface area contributed by atoms with E-state index in [2.05, 4.69) is 4.57 Å². The van der Waals surface area contributed by atoms with E-state index in [0.717, 1.165) is 17.0 Å². The fourth-order valence-corrected chi connectivity index (χ4v) is 3.09. The van der Waals surface area contributed by atoms with Crippen molar-refractivity contribution in [1.82, 2.24) is 4.57 Å². The molecule has 25 heavy (non-hydrogen) atoms. The second-order valence-electron chi connectivity index (χ2n) is 6.21. The van der Waals surface area contributed by atoms with Crippen LogP contribution in [0.15, 0.2) is 36.4 Å². The molecule has 0 aliphatic rings. The summed E-state index contributed by atoms with van der Waals surface area (Å²) in [7, 11) is 1.66. The Bertz CT molecular complexity index is 734. The van der Waals surface area contributed by atoms with Gasteiger partial charge in [-0.25, -0.2) is 0 Å². The molecule has 0 amide bonds. The Labute approximate surface area is 148 Å². The number of aromatic nitrogens is 1. The Morgan fingerprint density at radius 3 is 2.48 bits per heavy atom. The topological polar surface area (TPSA) is 57.5 Å². The van der Waals surface area contributed by atoms with Crippen molar-refractivity contribution in [2.45, 2.75) is 33.2 Å². The summed E-state index contributed by atoms with van der Waals surface area (Å²) in [6.45, 7) is 6.22. The molecule has 2 aromatic rings. The molecule has 2 rings (SSSR count). The smallest absolute Gasteiger partial charge is 0.310 e. The summed E-state index contributed by atoms with van der Waals surface area (Å²) < 4.78 is 12.4. The highest BCUT2D eigenvalue weighted by Crippen LogP contribution is 2.21. The van der Waals surface area contributed by atoms with Crippen molar-refractivity contribution in [3.8, 4) is 0 Å². The van der Waals surface area contributed by atoms with Crippen molar-refractivity contribution in [2.75, 3.05) is 20.3 Å².